The van der Waals surface area contributed by atoms with Gasteiger partial charge in [-0.1, -0.05) is 132 Å². The topological polar surface area (TPSA) is 17.1 Å². The molecule has 158 valence electrons. The molecule has 0 heterocycles. The Morgan fingerprint density at radius 1 is 0.586 bits per heavy atom. The summed E-state index contributed by atoms with van der Waals surface area (Å²) < 4.78 is 0. The van der Waals surface area contributed by atoms with Crippen LogP contribution in [0.25, 0.3) is 11.1 Å². The van der Waals surface area contributed by atoms with Crippen LogP contribution < -0.4 is 0 Å². The number of rotatable bonds is 16. The van der Waals surface area contributed by atoms with E-state index < -0.39 is 0 Å². The minimum absolute atomic E-state index is 0.379. The van der Waals surface area contributed by atoms with Gasteiger partial charge in [-0.15, -0.1) is 0 Å². The monoisotopic (exact) mass is 392 g/mol. The third-order valence-electron chi connectivity index (χ3n) is 5.77. The second-order valence-electron chi connectivity index (χ2n) is 8.42. The summed E-state index contributed by atoms with van der Waals surface area (Å²) in [5, 5.41) is 0. The summed E-state index contributed by atoms with van der Waals surface area (Å²) in [6.07, 6.45) is 17.4. The van der Waals surface area contributed by atoms with Gasteiger partial charge >= 0.3 is 0 Å². The molecule has 0 saturated carbocycles. The van der Waals surface area contributed by atoms with Crippen LogP contribution in [0.3, 0.4) is 0 Å². The minimum Gasteiger partial charge on any atom is -0.299 e. The Bertz CT molecular complexity index is 656. The summed E-state index contributed by atoms with van der Waals surface area (Å²) in [7, 11) is 0. The van der Waals surface area contributed by atoms with E-state index in [9.17, 15) is 4.79 Å². The van der Waals surface area contributed by atoms with E-state index in [1.54, 1.807) is 0 Å². The minimum atomic E-state index is 0.379. The Labute approximate surface area is 178 Å². The number of benzene rings is 2. The van der Waals surface area contributed by atoms with E-state index in [0.29, 0.717) is 12.2 Å². The quantitative estimate of drug-likeness (QED) is 0.261. The van der Waals surface area contributed by atoms with Crippen molar-refractivity contribution in [1.82, 2.24) is 0 Å². The highest BCUT2D eigenvalue weighted by molar-refractivity contribution is 5.81. The molecule has 0 unspecified atom stereocenters. The lowest BCUT2D eigenvalue weighted by Gasteiger charge is -2.05. The summed E-state index contributed by atoms with van der Waals surface area (Å²) in [4.78, 5) is 12.2. The fourth-order valence-electron chi connectivity index (χ4n) is 3.92. The lowest BCUT2D eigenvalue weighted by molar-refractivity contribution is -0.118. The molecule has 0 radical (unpaired) electrons. The van der Waals surface area contributed by atoms with Crippen molar-refractivity contribution in [3.63, 3.8) is 0 Å². The van der Waals surface area contributed by atoms with E-state index in [2.05, 4.69) is 55.5 Å². The first-order valence-corrected chi connectivity index (χ1v) is 12.0. The van der Waals surface area contributed by atoms with Crippen molar-refractivity contribution in [3.05, 3.63) is 60.2 Å². The van der Waals surface area contributed by atoms with Crippen molar-refractivity contribution in [3.8, 4) is 11.1 Å². The third kappa shape index (κ3) is 10.5. The third-order valence-corrected chi connectivity index (χ3v) is 5.77. The van der Waals surface area contributed by atoms with Gasteiger partial charge in [-0.05, 0) is 23.1 Å². The molecule has 0 amide bonds. The van der Waals surface area contributed by atoms with Crippen LogP contribution >= 0.6 is 0 Å². The van der Waals surface area contributed by atoms with Crippen LogP contribution in [0.2, 0.25) is 0 Å². The highest BCUT2D eigenvalue weighted by Crippen LogP contribution is 2.20. The molecule has 29 heavy (non-hydrogen) atoms. The maximum atomic E-state index is 12.2. The van der Waals surface area contributed by atoms with Crippen LogP contribution in [0.1, 0.15) is 96.0 Å². The Kier molecular flexibility index (Phi) is 12.1. The van der Waals surface area contributed by atoms with Crippen LogP contribution in [0.4, 0.5) is 0 Å². The van der Waals surface area contributed by atoms with E-state index in [1.165, 1.54) is 81.8 Å². The molecular weight excluding hydrogens is 352 g/mol. The summed E-state index contributed by atoms with van der Waals surface area (Å²) in [5.74, 6) is 0.379. The predicted octanol–water partition coefficient (Wildman–Crippen LogP) is 8.56. The molecule has 2 rings (SSSR count). The van der Waals surface area contributed by atoms with Crippen molar-refractivity contribution in [2.24, 2.45) is 0 Å². The molecule has 0 aliphatic heterocycles. The Balaban J connectivity index is 1.49. The number of carbonyl (C=O) groups excluding carboxylic acids is 1. The largest absolute Gasteiger partial charge is 0.299 e. The van der Waals surface area contributed by atoms with Crippen molar-refractivity contribution < 1.29 is 4.79 Å². The highest BCUT2D eigenvalue weighted by atomic mass is 16.1. The number of unbranched alkanes of at least 4 members (excludes halogenated alkanes) is 11. The molecule has 0 bridgehead atoms. The van der Waals surface area contributed by atoms with E-state index in [4.69, 9.17) is 0 Å². The number of carbonyl (C=O) groups is 1. The summed E-state index contributed by atoms with van der Waals surface area (Å²) >= 11 is 0. The van der Waals surface area contributed by atoms with Gasteiger partial charge in [0.2, 0.25) is 0 Å². The van der Waals surface area contributed by atoms with Crippen LogP contribution in [-0.4, -0.2) is 5.78 Å². The number of Topliss-reactive ketones (excluding diaryl/α,β-unsaturated/α-hetero) is 1. The SMILES string of the molecule is CCCCCCCCCCCCCCC(=O)Cc1ccc(-c2ccccc2)cc1. The molecule has 2 aromatic carbocycles. The Morgan fingerprint density at radius 2 is 1.07 bits per heavy atom. The maximum absolute atomic E-state index is 12.2. The zero-order valence-electron chi connectivity index (χ0n) is 18.5. The molecule has 0 aliphatic carbocycles. The fourth-order valence-corrected chi connectivity index (χ4v) is 3.92. The highest BCUT2D eigenvalue weighted by Gasteiger charge is 2.05. The standard InChI is InChI=1S/C28H40O/c1-2-3-4-5-6-7-8-9-10-11-12-16-19-28(29)24-25-20-22-27(23-21-25)26-17-14-13-15-18-26/h13-15,17-18,20-23H,2-12,16,19,24H2,1H3. The van der Waals surface area contributed by atoms with Crippen LogP contribution in [-0.2, 0) is 11.2 Å². The van der Waals surface area contributed by atoms with Gasteiger partial charge in [-0.3, -0.25) is 4.79 Å². The first kappa shape index (κ1) is 23.4. The van der Waals surface area contributed by atoms with Crippen molar-refractivity contribution in [2.75, 3.05) is 0 Å². The second kappa shape index (κ2) is 15.0. The molecule has 0 spiro atoms. The van der Waals surface area contributed by atoms with E-state index in [1.807, 2.05) is 6.07 Å². The first-order chi connectivity index (χ1) is 14.3. The second-order valence-corrected chi connectivity index (χ2v) is 8.42. The summed E-state index contributed by atoms with van der Waals surface area (Å²) in [5.41, 5.74) is 3.57. The van der Waals surface area contributed by atoms with Crippen molar-refractivity contribution in [2.45, 2.75) is 96.8 Å². The van der Waals surface area contributed by atoms with Crippen LogP contribution in [0.5, 0.6) is 0 Å². The molecule has 1 heteroatoms. The van der Waals surface area contributed by atoms with Gasteiger partial charge in [0.15, 0.2) is 0 Å². The van der Waals surface area contributed by atoms with Gasteiger partial charge in [0.25, 0.3) is 0 Å². The lowest BCUT2D eigenvalue weighted by atomic mass is 10.00. The molecule has 0 aliphatic rings. The predicted molar refractivity (Wildman–Crippen MR) is 126 cm³/mol. The molecule has 0 N–H and O–H groups in total. The average Bonchev–Trinajstić information content (AvgIpc) is 2.75. The van der Waals surface area contributed by atoms with Crippen LogP contribution in [0, 0.1) is 0 Å². The number of hydrogen-bond donors (Lipinski definition) is 0. The molecule has 0 aromatic heterocycles. The normalized spacial score (nSPS) is 10.9. The first-order valence-electron chi connectivity index (χ1n) is 12.0. The van der Waals surface area contributed by atoms with Gasteiger partial charge in [-0.25, -0.2) is 0 Å². The summed E-state index contributed by atoms with van der Waals surface area (Å²) in [6, 6.07) is 18.8. The van der Waals surface area contributed by atoms with Crippen LogP contribution in [0.15, 0.2) is 54.6 Å². The molecule has 1 nitrogen and oxygen atoms in total. The average molecular weight is 393 g/mol. The van der Waals surface area contributed by atoms with Gasteiger partial charge in [-0.2, -0.15) is 0 Å². The summed E-state index contributed by atoms with van der Waals surface area (Å²) in [6.45, 7) is 2.27. The Hall–Kier alpha value is -1.89. The van der Waals surface area contributed by atoms with E-state index in [0.717, 1.165) is 18.4 Å². The molecular formula is C28H40O. The lowest BCUT2D eigenvalue weighted by Crippen LogP contribution is -2.02. The van der Waals surface area contributed by atoms with Gasteiger partial charge < -0.3 is 0 Å². The zero-order valence-corrected chi connectivity index (χ0v) is 18.5. The maximum Gasteiger partial charge on any atom is 0.137 e. The fraction of sp³-hybridized carbons (Fsp3) is 0.536. The van der Waals surface area contributed by atoms with Gasteiger partial charge in [0, 0.05) is 12.8 Å². The molecule has 0 fully saturated rings. The van der Waals surface area contributed by atoms with Gasteiger partial charge in [0.1, 0.15) is 5.78 Å². The zero-order chi connectivity index (χ0) is 20.6. The molecule has 0 atom stereocenters. The molecule has 2 aromatic rings. The van der Waals surface area contributed by atoms with Crippen molar-refractivity contribution >= 4 is 5.78 Å². The molecule has 0 saturated heterocycles. The Morgan fingerprint density at radius 3 is 1.62 bits per heavy atom. The number of hydrogen-bond acceptors (Lipinski definition) is 1. The van der Waals surface area contributed by atoms with E-state index >= 15 is 0 Å². The van der Waals surface area contributed by atoms with Gasteiger partial charge in [0.05, 0.1) is 0 Å². The number of ketones is 1. The smallest absolute Gasteiger partial charge is 0.137 e. The van der Waals surface area contributed by atoms with E-state index in [-0.39, 0.29) is 0 Å². The van der Waals surface area contributed by atoms with Crippen molar-refractivity contribution in [1.29, 1.82) is 0 Å².